The van der Waals surface area contributed by atoms with Crippen LogP contribution in [0.1, 0.15) is 30.4 Å². The quantitative estimate of drug-likeness (QED) is 0.205. The number of ether oxygens (including phenoxy) is 4. The van der Waals surface area contributed by atoms with E-state index in [1.807, 2.05) is 18.2 Å². The summed E-state index contributed by atoms with van der Waals surface area (Å²) in [4.78, 5) is 4.61. The second-order valence-electron chi connectivity index (χ2n) is 10.2. The van der Waals surface area contributed by atoms with Gasteiger partial charge in [-0.25, -0.2) is 4.98 Å². The predicted octanol–water partition coefficient (Wildman–Crippen LogP) is 3.23. The number of benzene rings is 3. The molecule has 2 aliphatic heterocycles. The molecule has 0 unspecified atom stereocenters. The summed E-state index contributed by atoms with van der Waals surface area (Å²) in [6.45, 7) is 2.62. The minimum atomic E-state index is 0. The maximum atomic E-state index is 9.10. The van der Waals surface area contributed by atoms with E-state index in [-0.39, 0.29) is 19.2 Å². The SMILES string of the molecule is COc1ccc2cc3[n+](cc2c1OCCCCCNc1nc2ccc(C#N)cc2s1)CCc1cc2c(cc1-3)OCO2.[Cl-]. The highest BCUT2D eigenvalue weighted by Crippen LogP contribution is 2.41. The van der Waals surface area contributed by atoms with Crippen LogP contribution in [-0.2, 0) is 13.0 Å². The molecule has 0 saturated carbocycles. The Hall–Kier alpha value is -4.26. The Labute approximate surface area is 253 Å². The topological polar surface area (TPSA) is 89.5 Å². The number of nitriles is 1. The molecule has 0 atom stereocenters. The first-order valence-electron chi connectivity index (χ1n) is 13.8. The zero-order valence-electron chi connectivity index (χ0n) is 23.1. The van der Waals surface area contributed by atoms with Crippen LogP contribution in [0.25, 0.3) is 32.2 Å². The second-order valence-corrected chi connectivity index (χ2v) is 11.2. The monoisotopic (exact) mass is 600 g/mol. The molecule has 0 aliphatic carbocycles. The van der Waals surface area contributed by atoms with Crippen molar-refractivity contribution in [1.82, 2.24) is 4.98 Å². The van der Waals surface area contributed by atoms with Gasteiger partial charge in [0, 0.05) is 19.0 Å². The Morgan fingerprint density at radius 3 is 2.81 bits per heavy atom. The molecule has 10 heteroatoms. The second kappa shape index (κ2) is 11.9. The van der Waals surface area contributed by atoms with Gasteiger partial charge < -0.3 is 36.7 Å². The van der Waals surface area contributed by atoms with Crippen LogP contribution in [0, 0.1) is 11.3 Å². The average Bonchev–Trinajstić information content (AvgIpc) is 3.64. The van der Waals surface area contributed by atoms with E-state index < -0.39 is 0 Å². The molecular formula is C32H29ClN4O4S. The zero-order chi connectivity index (χ0) is 27.8. The number of rotatable bonds is 9. The van der Waals surface area contributed by atoms with Gasteiger partial charge in [-0.15, -0.1) is 0 Å². The van der Waals surface area contributed by atoms with Crippen molar-refractivity contribution < 1.29 is 35.9 Å². The molecule has 0 radical (unpaired) electrons. The van der Waals surface area contributed by atoms with Gasteiger partial charge in [-0.05, 0) is 72.7 Å². The number of hydrogen-bond acceptors (Lipinski definition) is 8. The van der Waals surface area contributed by atoms with E-state index in [1.54, 1.807) is 24.5 Å². The van der Waals surface area contributed by atoms with E-state index in [2.05, 4.69) is 51.4 Å². The Morgan fingerprint density at radius 2 is 1.95 bits per heavy atom. The van der Waals surface area contributed by atoms with Gasteiger partial charge in [0.1, 0.15) is 0 Å². The molecule has 7 rings (SSSR count). The smallest absolute Gasteiger partial charge is 0.231 e. The maximum Gasteiger partial charge on any atom is 0.231 e. The van der Waals surface area contributed by atoms with Crippen molar-refractivity contribution in [1.29, 1.82) is 5.26 Å². The van der Waals surface area contributed by atoms with E-state index in [4.69, 9.17) is 24.2 Å². The van der Waals surface area contributed by atoms with Crippen molar-refractivity contribution in [2.75, 3.05) is 32.4 Å². The minimum absolute atomic E-state index is 0. The number of nitrogens with zero attached hydrogens (tertiary/aromatic N) is 3. The van der Waals surface area contributed by atoms with Gasteiger partial charge in [0.15, 0.2) is 40.9 Å². The number of aromatic nitrogens is 2. The number of unbranched alkanes of at least 4 members (excludes halogenated alkanes) is 2. The van der Waals surface area contributed by atoms with Crippen LogP contribution in [0.5, 0.6) is 23.0 Å². The Balaban J connectivity index is 0.00000316. The summed E-state index contributed by atoms with van der Waals surface area (Å²) in [5.74, 6) is 3.18. The van der Waals surface area contributed by atoms with Gasteiger partial charge in [-0.1, -0.05) is 11.3 Å². The Kier molecular flexibility index (Phi) is 7.92. The predicted molar refractivity (Wildman–Crippen MR) is 158 cm³/mol. The fourth-order valence-electron chi connectivity index (χ4n) is 5.55. The van der Waals surface area contributed by atoms with Gasteiger partial charge in [-0.2, -0.15) is 9.83 Å². The van der Waals surface area contributed by atoms with Crippen LogP contribution in [-0.4, -0.2) is 32.0 Å². The lowest BCUT2D eigenvalue weighted by molar-refractivity contribution is -0.686. The highest BCUT2D eigenvalue weighted by atomic mass is 35.5. The number of fused-ring (bicyclic) bond motifs is 6. The number of methoxy groups -OCH3 is 1. The van der Waals surface area contributed by atoms with Gasteiger partial charge in [0.25, 0.3) is 0 Å². The molecule has 1 N–H and O–H groups in total. The van der Waals surface area contributed by atoms with Gasteiger partial charge in [0.2, 0.25) is 12.5 Å². The molecule has 0 saturated heterocycles. The molecule has 8 nitrogen and oxygen atoms in total. The summed E-state index contributed by atoms with van der Waals surface area (Å²) in [5.41, 5.74) is 5.22. The Bertz CT molecular complexity index is 1830. The molecule has 0 spiro atoms. The molecule has 0 fully saturated rings. The Morgan fingerprint density at radius 1 is 1.07 bits per heavy atom. The van der Waals surface area contributed by atoms with Gasteiger partial charge >= 0.3 is 0 Å². The number of thiazole rings is 1. The summed E-state index contributed by atoms with van der Waals surface area (Å²) >= 11 is 1.58. The summed E-state index contributed by atoms with van der Waals surface area (Å²) in [6.07, 6.45) is 6.10. The summed E-state index contributed by atoms with van der Waals surface area (Å²) in [6, 6.07) is 18.3. The number of halogens is 1. The molecule has 42 heavy (non-hydrogen) atoms. The van der Waals surface area contributed by atoms with Crippen molar-refractivity contribution >= 4 is 37.5 Å². The van der Waals surface area contributed by atoms with E-state index in [1.165, 1.54) is 16.8 Å². The van der Waals surface area contributed by atoms with Crippen LogP contribution in [0.2, 0.25) is 0 Å². The normalized spacial score (nSPS) is 12.8. The first-order chi connectivity index (χ1) is 20.2. The molecule has 214 valence electrons. The molecule has 5 aromatic rings. The third-order valence-electron chi connectivity index (χ3n) is 7.66. The van der Waals surface area contributed by atoms with E-state index in [0.29, 0.717) is 12.2 Å². The molecule has 0 amide bonds. The fourth-order valence-corrected chi connectivity index (χ4v) is 6.48. The summed E-state index contributed by atoms with van der Waals surface area (Å²) < 4.78 is 26.6. The van der Waals surface area contributed by atoms with E-state index in [9.17, 15) is 0 Å². The summed E-state index contributed by atoms with van der Waals surface area (Å²) in [7, 11) is 1.69. The van der Waals surface area contributed by atoms with Crippen LogP contribution in [0.3, 0.4) is 0 Å². The molecule has 3 aromatic carbocycles. The molecule has 2 aromatic heterocycles. The van der Waals surface area contributed by atoms with Crippen LogP contribution >= 0.6 is 11.3 Å². The molecule has 0 bridgehead atoms. The van der Waals surface area contributed by atoms with Crippen molar-refractivity contribution in [3.8, 4) is 40.3 Å². The first-order valence-corrected chi connectivity index (χ1v) is 14.7. The minimum Gasteiger partial charge on any atom is -1.00 e. The van der Waals surface area contributed by atoms with Crippen LogP contribution in [0.15, 0.2) is 54.7 Å². The largest absolute Gasteiger partial charge is 1.00 e. The standard InChI is InChI=1S/C32H29N4O4S.ClH/c1-37-27-8-6-21-14-26-23-16-29-28(39-19-40-29)15-22(23)9-11-36(26)18-24(21)31(27)38-12-4-2-3-10-34-32-35-25-7-5-20(17-33)13-30(25)41-32;/h5-8,13-16,18H,2-4,9-12,19H2,1H3,(H,34,35);1H/q+1;/p-1. The highest BCUT2D eigenvalue weighted by Gasteiger charge is 2.28. The lowest BCUT2D eigenvalue weighted by Gasteiger charge is -2.18. The molecular weight excluding hydrogens is 572 g/mol. The third kappa shape index (κ3) is 5.24. The number of nitrogens with one attached hydrogen (secondary N) is 1. The first kappa shape index (κ1) is 27.9. The van der Waals surface area contributed by atoms with Gasteiger partial charge in [-0.3, -0.25) is 0 Å². The number of hydrogen-bond donors (Lipinski definition) is 1. The number of pyridine rings is 1. The van der Waals surface area contributed by atoms with Crippen LogP contribution < -0.4 is 41.2 Å². The molecule has 2 aliphatic rings. The molecule has 4 heterocycles. The van der Waals surface area contributed by atoms with E-state index >= 15 is 0 Å². The number of aryl methyl sites for hydroxylation is 2. The maximum absolute atomic E-state index is 9.10. The lowest BCUT2D eigenvalue weighted by Crippen LogP contribution is -3.00. The van der Waals surface area contributed by atoms with Crippen molar-refractivity contribution in [3.63, 3.8) is 0 Å². The van der Waals surface area contributed by atoms with Crippen molar-refractivity contribution in [2.45, 2.75) is 32.2 Å². The fraction of sp³-hybridized carbons (Fsp3) is 0.281. The van der Waals surface area contributed by atoms with Crippen molar-refractivity contribution in [2.24, 2.45) is 0 Å². The summed E-state index contributed by atoms with van der Waals surface area (Å²) in [5, 5.41) is 15.6. The number of anilines is 1. The lowest BCUT2D eigenvalue weighted by atomic mass is 9.95. The van der Waals surface area contributed by atoms with Crippen molar-refractivity contribution in [3.05, 3.63) is 65.9 Å². The average molecular weight is 601 g/mol. The third-order valence-corrected chi connectivity index (χ3v) is 8.63. The van der Waals surface area contributed by atoms with E-state index in [0.717, 1.165) is 87.9 Å². The highest BCUT2D eigenvalue weighted by molar-refractivity contribution is 7.22. The van der Waals surface area contributed by atoms with Crippen LogP contribution in [0.4, 0.5) is 5.13 Å². The van der Waals surface area contributed by atoms with Gasteiger partial charge in [0.05, 0.1) is 46.5 Å². The zero-order valence-corrected chi connectivity index (χ0v) is 24.7.